The number of halogens is 1. The van der Waals surface area contributed by atoms with Crippen molar-refractivity contribution in [2.24, 2.45) is 5.73 Å². The summed E-state index contributed by atoms with van der Waals surface area (Å²) in [7, 11) is 0. The van der Waals surface area contributed by atoms with Gasteiger partial charge in [0.25, 0.3) is 0 Å². The zero-order valence-corrected chi connectivity index (χ0v) is 10.9. The molecule has 0 saturated carbocycles. The highest BCUT2D eigenvalue weighted by molar-refractivity contribution is 9.10. The van der Waals surface area contributed by atoms with Gasteiger partial charge in [-0.1, -0.05) is 30.3 Å². The third-order valence-corrected chi connectivity index (χ3v) is 3.05. The fraction of sp³-hybridized carbons (Fsp3) is 0.231. The third-order valence-electron chi connectivity index (χ3n) is 2.39. The highest BCUT2D eigenvalue weighted by Crippen LogP contribution is 2.23. The van der Waals surface area contributed by atoms with E-state index in [0.29, 0.717) is 13.2 Å². The molecule has 1 atom stereocenters. The molecule has 90 valence electrons. The van der Waals surface area contributed by atoms with Gasteiger partial charge in [0.15, 0.2) is 0 Å². The van der Waals surface area contributed by atoms with E-state index in [4.69, 9.17) is 14.9 Å². The van der Waals surface area contributed by atoms with Gasteiger partial charge in [0.05, 0.1) is 30.0 Å². The smallest absolute Gasteiger partial charge is 0.136 e. The Hall–Kier alpha value is -1.10. The number of ether oxygens (including phenoxy) is 1. The molecule has 3 nitrogen and oxygen atoms in total. The van der Waals surface area contributed by atoms with Crippen LogP contribution in [0.3, 0.4) is 0 Å². The first-order chi connectivity index (χ1) is 8.27. The second-order valence-corrected chi connectivity index (χ2v) is 4.59. The van der Waals surface area contributed by atoms with Crippen molar-refractivity contribution in [3.05, 3.63) is 58.5 Å². The van der Waals surface area contributed by atoms with Crippen LogP contribution in [0, 0.1) is 0 Å². The Morgan fingerprint density at radius 2 is 2.00 bits per heavy atom. The van der Waals surface area contributed by atoms with Gasteiger partial charge in [0.1, 0.15) is 5.76 Å². The summed E-state index contributed by atoms with van der Waals surface area (Å²) in [6, 6.07) is 11.6. The average Bonchev–Trinajstić information content (AvgIpc) is 2.77. The minimum atomic E-state index is -0.247. The van der Waals surface area contributed by atoms with Crippen LogP contribution in [0.1, 0.15) is 17.4 Å². The summed E-state index contributed by atoms with van der Waals surface area (Å²) in [5, 5.41) is 0. The maximum Gasteiger partial charge on any atom is 0.136 e. The quantitative estimate of drug-likeness (QED) is 0.921. The van der Waals surface area contributed by atoms with E-state index < -0.39 is 0 Å². The van der Waals surface area contributed by atoms with Gasteiger partial charge in [-0.15, -0.1) is 0 Å². The number of hydrogen-bond acceptors (Lipinski definition) is 3. The summed E-state index contributed by atoms with van der Waals surface area (Å²) in [5.41, 5.74) is 7.09. The summed E-state index contributed by atoms with van der Waals surface area (Å²) >= 11 is 3.37. The lowest BCUT2D eigenvalue weighted by molar-refractivity contribution is 0.103. The maximum atomic E-state index is 5.96. The molecule has 0 aliphatic rings. The van der Waals surface area contributed by atoms with E-state index in [1.807, 2.05) is 36.4 Å². The molecule has 0 aliphatic carbocycles. The van der Waals surface area contributed by atoms with Crippen LogP contribution in [-0.2, 0) is 11.3 Å². The lowest BCUT2D eigenvalue weighted by Gasteiger charge is -2.10. The summed E-state index contributed by atoms with van der Waals surface area (Å²) in [4.78, 5) is 0. The number of hydrogen-bond donors (Lipinski definition) is 1. The van der Waals surface area contributed by atoms with Crippen molar-refractivity contribution < 1.29 is 9.15 Å². The number of rotatable bonds is 5. The molecule has 1 aromatic carbocycles. The first-order valence-corrected chi connectivity index (χ1v) is 6.17. The van der Waals surface area contributed by atoms with Crippen LogP contribution in [-0.4, -0.2) is 6.61 Å². The van der Waals surface area contributed by atoms with Crippen molar-refractivity contribution in [2.45, 2.75) is 12.6 Å². The Kier molecular flexibility index (Phi) is 4.36. The standard InChI is InChI=1S/C13H14BrNO2/c14-11-6-7-17-13(11)12(15)9-16-8-10-4-2-1-3-5-10/h1-7,12H,8-9,15H2. The van der Waals surface area contributed by atoms with Crippen LogP contribution in [0.15, 0.2) is 51.6 Å². The molecule has 0 saturated heterocycles. The molecule has 0 spiro atoms. The van der Waals surface area contributed by atoms with Gasteiger partial charge in [-0.2, -0.15) is 0 Å². The van der Waals surface area contributed by atoms with E-state index in [-0.39, 0.29) is 6.04 Å². The largest absolute Gasteiger partial charge is 0.466 e. The molecule has 4 heteroatoms. The molecular formula is C13H14BrNO2. The summed E-state index contributed by atoms with van der Waals surface area (Å²) in [6.45, 7) is 0.994. The van der Waals surface area contributed by atoms with E-state index in [1.54, 1.807) is 6.26 Å². The SMILES string of the molecule is NC(COCc1ccccc1)c1occc1Br. The lowest BCUT2D eigenvalue weighted by Crippen LogP contribution is -2.16. The molecule has 1 unspecified atom stereocenters. The molecule has 2 rings (SSSR count). The van der Waals surface area contributed by atoms with Crippen molar-refractivity contribution in [1.82, 2.24) is 0 Å². The average molecular weight is 296 g/mol. The van der Waals surface area contributed by atoms with Crippen LogP contribution >= 0.6 is 15.9 Å². The molecule has 2 aromatic rings. The van der Waals surface area contributed by atoms with Crippen molar-refractivity contribution >= 4 is 15.9 Å². The predicted octanol–water partition coefficient (Wildman–Crippen LogP) is 3.26. The van der Waals surface area contributed by atoms with Gasteiger partial charge in [-0.3, -0.25) is 0 Å². The second kappa shape index (κ2) is 6.00. The minimum absolute atomic E-state index is 0.247. The molecule has 2 N–H and O–H groups in total. The summed E-state index contributed by atoms with van der Waals surface area (Å²) < 4.78 is 11.7. The van der Waals surface area contributed by atoms with E-state index in [0.717, 1.165) is 15.8 Å². The number of nitrogens with two attached hydrogens (primary N) is 1. The number of benzene rings is 1. The molecule has 0 bridgehead atoms. The third kappa shape index (κ3) is 3.43. The monoisotopic (exact) mass is 295 g/mol. The van der Waals surface area contributed by atoms with Gasteiger partial charge in [-0.05, 0) is 27.6 Å². The van der Waals surface area contributed by atoms with Gasteiger partial charge in [0, 0.05) is 0 Å². The first-order valence-electron chi connectivity index (χ1n) is 5.37. The molecule has 17 heavy (non-hydrogen) atoms. The molecule has 0 aliphatic heterocycles. The molecule has 1 aromatic heterocycles. The molecule has 0 fully saturated rings. The maximum absolute atomic E-state index is 5.96. The predicted molar refractivity (Wildman–Crippen MR) is 69.4 cm³/mol. The fourth-order valence-corrected chi connectivity index (χ4v) is 2.02. The van der Waals surface area contributed by atoms with E-state index >= 15 is 0 Å². The van der Waals surface area contributed by atoms with Gasteiger partial charge < -0.3 is 14.9 Å². The van der Waals surface area contributed by atoms with E-state index in [2.05, 4.69) is 15.9 Å². The van der Waals surface area contributed by atoms with Gasteiger partial charge >= 0.3 is 0 Å². The van der Waals surface area contributed by atoms with Crippen molar-refractivity contribution in [2.75, 3.05) is 6.61 Å². The molecule has 1 heterocycles. The van der Waals surface area contributed by atoms with Crippen LogP contribution in [0.4, 0.5) is 0 Å². The summed E-state index contributed by atoms with van der Waals surface area (Å²) in [5.74, 6) is 0.720. The van der Waals surface area contributed by atoms with E-state index in [9.17, 15) is 0 Å². The van der Waals surface area contributed by atoms with Crippen molar-refractivity contribution in [3.8, 4) is 0 Å². The normalized spacial score (nSPS) is 12.6. The lowest BCUT2D eigenvalue weighted by atomic mass is 10.2. The van der Waals surface area contributed by atoms with Crippen molar-refractivity contribution in [3.63, 3.8) is 0 Å². The molecule has 0 radical (unpaired) electrons. The van der Waals surface area contributed by atoms with Crippen LogP contribution in [0.5, 0.6) is 0 Å². The van der Waals surface area contributed by atoms with Crippen LogP contribution < -0.4 is 5.73 Å². The Bertz CT molecular complexity index is 455. The highest BCUT2D eigenvalue weighted by Gasteiger charge is 2.13. The Balaban J connectivity index is 1.81. The minimum Gasteiger partial charge on any atom is -0.466 e. The van der Waals surface area contributed by atoms with Gasteiger partial charge in [0.2, 0.25) is 0 Å². The molecular weight excluding hydrogens is 282 g/mol. The zero-order chi connectivity index (χ0) is 12.1. The Labute approximate surface area is 109 Å². The van der Waals surface area contributed by atoms with Gasteiger partial charge in [-0.25, -0.2) is 0 Å². The second-order valence-electron chi connectivity index (χ2n) is 3.74. The summed E-state index contributed by atoms with van der Waals surface area (Å²) in [6.07, 6.45) is 1.61. The molecule has 0 amide bonds. The van der Waals surface area contributed by atoms with Crippen LogP contribution in [0.2, 0.25) is 0 Å². The van der Waals surface area contributed by atoms with Crippen molar-refractivity contribution in [1.29, 1.82) is 0 Å². The first kappa shape index (κ1) is 12.4. The Morgan fingerprint density at radius 1 is 1.24 bits per heavy atom. The highest BCUT2D eigenvalue weighted by atomic mass is 79.9. The van der Waals surface area contributed by atoms with Crippen LogP contribution in [0.25, 0.3) is 0 Å². The Morgan fingerprint density at radius 3 is 2.65 bits per heavy atom. The van der Waals surface area contributed by atoms with E-state index in [1.165, 1.54) is 0 Å². The number of furan rings is 1. The topological polar surface area (TPSA) is 48.4 Å². The fourth-order valence-electron chi connectivity index (χ4n) is 1.52. The zero-order valence-electron chi connectivity index (χ0n) is 9.30.